The molecule has 0 bridgehead atoms. The number of aliphatic hydroxyl groups is 1. The van der Waals surface area contributed by atoms with Crippen LogP contribution in [-0.4, -0.2) is 48.8 Å². The average Bonchev–Trinajstić information content (AvgIpc) is 2.34. The molecular weight excluding hydrogens is 206 g/mol. The molecule has 1 amide bonds. The SMILES string of the molecule is COCCCCC(=O)N1CCCCC1CO. The summed E-state index contributed by atoms with van der Waals surface area (Å²) in [4.78, 5) is 13.8. The number of likely N-dealkylation sites (tertiary alicyclic amines) is 1. The highest BCUT2D eigenvalue weighted by molar-refractivity contribution is 5.76. The Morgan fingerprint density at radius 3 is 2.94 bits per heavy atom. The number of hydrogen-bond donors (Lipinski definition) is 1. The van der Waals surface area contributed by atoms with Crippen molar-refractivity contribution in [2.24, 2.45) is 0 Å². The number of nitrogens with zero attached hydrogens (tertiary/aromatic N) is 1. The third kappa shape index (κ3) is 4.10. The van der Waals surface area contributed by atoms with Crippen LogP contribution in [-0.2, 0) is 9.53 Å². The molecule has 1 fully saturated rings. The Morgan fingerprint density at radius 2 is 2.25 bits per heavy atom. The fourth-order valence-corrected chi connectivity index (χ4v) is 2.18. The van der Waals surface area contributed by atoms with Gasteiger partial charge in [-0.3, -0.25) is 4.79 Å². The molecule has 1 rings (SSSR count). The molecule has 0 aromatic heterocycles. The van der Waals surface area contributed by atoms with Crippen molar-refractivity contribution in [3.63, 3.8) is 0 Å². The Bertz CT molecular complexity index is 208. The Balaban J connectivity index is 2.27. The fourth-order valence-electron chi connectivity index (χ4n) is 2.18. The summed E-state index contributed by atoms with van der Waals surface area (Å²) in [7, 11) is 1.67. The predicted octanol–water partition coefficient (Wildman–Crippen LogP) is 1.18. The van der Waals surface area contributed by atoms with Gasteiger partial charge in [-0.05, 0) is 32.1 Å². The summed E-state index contributed by atoms with van der Waals surface area (Å²) in [6.07, 6.45) is 5.53. The molecule has 1 saturated heterocycles. The van der Waals surface area contributed by atoms with E-state index in [1.165, 1.54) is 0 Å². The molecule has 1 heterocycles. The number of aliphatic hydroxyl groups excluding tert-OH is 1. The smallest absolute Gasteiger partial charge is 0.222 e. The predicted molar refractivity (Wildman–Crippen MR) is 62.2 cm³/mol. The summed E-state index contributed by atoms with van der Waals surface area (Å²) in [6.45, 7) is 1.63. The molecule has 16 heavy (non-hydrogen) atoms. The molecular formula is C12H23NO3. The zero-order valence-electron chi connectivity index (χ0n) is 10.2. The summed E-state index contributed by atoms with van der Waals surface area (Å²) < 4.78 is 4.95. The third-order valence-electron chi connectivity index (χ3n) is 3.15. The standard InChI is InChI=1S/C12H23NO3/c1-16-9-5-3-7-12(15)13-8-4-2-6-11(13)10-14/h11,14H,2-10H2,1H3. The van der Waals surface area contributed by atoms with E-state index < -0.39 is 0 Å². The van der Waals surface area contributed by atoms with Crippen molar-refractivity contribution in [2.75, 3.05) is 26.9 Å². The molecule has 0 aromatic rings. The number of rotatable bonds is 6. The van der Waals surface area contributed by atoms with E-state index in [0.717, 1.165) is 45.3 Å². The van der Waals surface area contributed by atoms with Crippen LogP contribution in [0.15, 0.2) is 0 Å². The highest BCUT2D eigenvalue weighted by Crippen LogP contribution is 2.18. The van der Waals surface area contributed by atoms with E-state index in [0.29, 0.717) is 6.42 Å². The molecule has 4 nitrogen and oxygen atoms in total. The van der Waals surface area contributed by atoms with Crippen molar-refractivity contribution < 1.29 is 14.6 Å². The molecule has 0 aromatic carbocycles. The zero-order valence-corrected chi connectivity index (χ0v) is 10.2. The number of methoxy groups -OCH3 is 1. The van der Waals surface area contributed by atoms with E-state index in [1.54, 1.807) is 7.11 Å². The van der Waals surface area contributed by atoms with Crippen LogP contribution in [0.1, 0.15) is 38.5 Å². The van der Waals surface area contributed by atoms with Crippen LogP contribution in [0, 0.1) is 0 Å². The van der Waals surface area contributed by atoms with Crippen LogP contribution in [0.2, 0.25) is 0 Å². The van der Waals surface area contributed by atoms with Crippen molar-refractivity contribution in [3.8, 4) is 0 Å². The number of hydrogen-bond acceptors (Lipinski definition) is 3. The van der Waals surface area contributed by atoms with Crippen LogP contribution < -0.4 is 0 Å². The van der Waals surface area contributed by atoms with Gasteiger partial charge < -0.3 is 14.7 Å². The Labute approximate surface area is 97.6 Å². The maximum Gasteiger partial charge on any atom is 0.222 e. The molecule has 4 heteroatoms. The van der Waals surface area contributed by atoms with E-state index in [1.807, 2.05) is 4.90 Å². The lowest BCUT2D eigenvalue weighted by Crippen LogP contribution is -2.45. The van der Waals surface area contributed by atoms with Crippen molar-refractivity contribution in [1.29, 1.82) is 0 Å². The number of ether oxygens (including phenoxy) is 1. The van der Waals surface area contributed by atoms with Crippen molar-refractivity contribution in [1.82, 2.24) is 4.90 Å². The quantitative estimate of drug-likeness (QED) is 0.696. The minimum absolute atomic E-state index is 0.0590. The summed E-state index contributed by atoms with van der Waals surface area (Å²) in [5.74, 6) is 0.190. The summed E-state index contributed by atoms with van der Waals surface area (Å²) >= 11 is 0. The van der Waals surface area contributed by atoms with Crippen LogP contribution in [0.25, 0.3) is 0 Å². The maximum absolute atomic E-state index is 11.9. The molecule has 1 N–H and O–H groups in total. The first-order valence-electron chi connectivity index (χ1n) is 6.19. The van der Waals surface area contributed by atoms with Crippen molar-refractivity contribution in [2.45, 2.75) is 44.6 Å². The van der Waals surface area contributed by atoms with Gasteiger partial charge in [-0.15, -0.1) is 0 Å². The van der Waals surface area contributed by atoms with E-state index in [9.17, 15) is 9.90 Å². The van der Waals surface area contributed by atoms with Gasteiger partial charge in [0.15, 0.2) is 0 Å². The molecule has 1 atom stereocenters. The van der Waals surface area contributed by atoms with Gasteiger partial charge in [0, 0.05) is 26.7 Å². The van der Waals surface area contributed by atoms with E-state index in [2.05, 4.69) is 0 Å². The molecule has 94 valence electrons. The molecule has 0 spiro atoms. The van der Waals surface area contributed by atoms with Gasteiger partial charge in [0.25, 0.3) is 0 Å². The summed E-state index contributed by atoms with van der Waals surface area (Å²) in [5.41, 5.74) is 0. The molecule has 0 aliphatic carbocycles. The Kier molecular flexibility index (Phi) is 6.42. The minimum Gasteiger partial charge on any atom is -0.394 e. The lowest BCUT2D eigenvalue weighted by Gasteiger charge is -2.34. The third-order valence-corrected chi connectivity index (χ3v) is 3.15. The van der Waals surface area contributed by atoms with Gasteiger partial charge >= 0.3 is 0 Å². The lowest BCUT2D eigenvalue weighted by atomic mass is 10.0. The topological polar surface area (TPSA) is 49.8 Å². The Morgan fingerprint density at radius 1 is 1.44 bits per heavy atom. The second-order valence-corrected chi connectivity index (χ2v) is 4.37. The van der Waals surface area contributed by atoms with Gasteiger partial charge in [0.1, 0.15) is 0 Å². The second kappa shape index (κ2) is 7.63. The molecule has 0 radical (unpaired) electrons. The number of unbranched alkanes of at least 4 members (excludes halogenated alkanes) is 1. The lowest BCUT2D eigenvalue weighted by molar-refractivity contribution is -0.136. The Hall–Kier alpha value is -0.610. The summed E-state index contributed by atoms with van der Waals surface area (Å²) in [6, 6.07) is 0.0590. The van der Waals surface area contributed by atoms with Gasteiger partial charge in [0.05, 0.1) is 12.6 Å². The first-order chi connectivity index (χ1) is 7.79. The fraction of sp³-hybridized carbons (Fsp3) is 0.917. The first kappa shape index (κ1) is 13.5. The highest BCUT2D eigenvalue weighted by atomic mass is 16.5. The number of carbonyl (C=O) groups excluding carboxylic acids is 1. The number of amides is 1. The van der Waals surface area contributed by atoms with Crippen LogP contribution in [0.5, 0.6) is 0 Å². The number of piperidine rings is 1. The van der Waals surface area contributed by atoms with E-state index in [-0.39, 0.29) is 18.6 Å². The normalized spacial score (nSPS) is 21.1. The zero-order chi connectivity index (χ0) is 11.8. The molecule has 1 aliphatic heterocycles. The van der Waals surface area contributed by atoms with Gasteiger partial charge in [0.2, 0.25) is 5.91 Å². The van der Waals surface area contributed by atoms with Gasteiger partial charge in [-0.2, -0.15) is 0 Å². The van der Waals surface area contributed by atoms with Crippen molar-refractivity contribution >= 4 is 5.91 Å². The van der Waals surface area contributed by atoms with Crippen molar-refractivity contribution in [3.05, 3.63) is 0 Å². The summed E-state index contributed by atoms with van der Waals surface area (Å²) in [5, 5.41) is 9.21. The van der Waals surface area contributed by atoms with Gasteiger partial charge in [-0.25, -0.2) is 0 Å². The first-order valence-corrected chi connectivity index (χ1v) is 6.19. The largest absolute Gasteiger partial charge is 0.394 e. The minimum atomic E-state index is 0.0590. The number of carbonyl (C=O) groups is 1. The highest BCUT2D eigenvalue weighted by Gasteiger charge is 2.25. The van der Waals surface area contributed by atoms with Gasteiger partial charge in [-0.1, -0.05) is 0 Å². The van der Waals surface area contributed by atoms with Crippen LogP contribution >= 0.6 is 0 Å². The maximum atomic E-state index is 11.9. The van der Waals surface area contributed by atoms with Crippen LogP contribution in [0.3, 0.4) is 0 Å². The molecule has 1 unspecified atom stereocenters. The molecule has 1 aliphatic rings. The van der Waals surface area contributed by atoms with E-state index >= 15 is 0 Å². The second-order valence-electron chi connectivity index (χ2n) is 4.37. The van der Waals surface area contributed by atoms with E-state index in [4.69, 9.17) is 4.74 Å². The van der Waals surface area contributed by atoms with Crippen LogP contribution in [0.4, 0.5) is 0 Å². The average molecular weight is 229 g/mol. The molecule has 0 saturated carbocycles. The monoisotopic (exact) mass is 229 g/mol.